The Morgan fingerprint density at radius 3 is 2.74 bits per heavy atom. The molecule has 0 amide bonds. The summed E-state index contributed by atoms with van der Waals surface area (Å²) in [7, 11) is 1.58. The van der Waals surface area contributed by atoms with Crippen molar-refractivity contribution in [1.29, 1.82) is 0 Å². The van der Waals surface area contributed by atoms with Gasteiger partial charge in [0.25, 0.3) is 0 Å². The Morgan fingerprint density at radius 2 is 2.00 bits per heavy atom. The van der Waals surface area contributed by atoms with Gasteiger partial charge in [0, 0.05) is 23.2 Å². The van der Waals surface area contributed by atoms with Crippen LogP contribution in [0.3, 0.4) is 0 Å². The van der Waals surface area contributed by atoms with Crippen LogP contribution in [0.15, 0.2) is 34.8 Å². The molecule has 19 heavy (non-hydrogen) atoms. The highest BCUT2D eigenvalue weighted by molar-refractivity contribution is 9.10. The molecular weight excluding hydrogens is 310 g/mol. The van der Waals surface area contributed by atoms with E-state index >= 15 is 0 Å². The van der Waals surface area contributed by atoms with E-state index in [4.69, 9.17) is 15.2 Å². The first-order valence-electron chi connectivity index (χ1n) is 5.67. The standard InChI is InChI=1S/C13H14BrN3O2/c1-18-8-12-16-11(15)6-13(17-12)19-7-9-4-2-3-5-10(9)14/h2-6H,7-8H2,1H3,(H2,15,16,17). The van der Waals surface area contributed by atoms with E-state index in [2.05, 4.69) is 25.9 Å². The smallest absolute Gasteiger partial charge is 0.219 e. The number of halogens is 1. The van der Waals surface area contributed by atoms with Crippen molar-refractivity contribution >= 4 is 21.7 Å². The van der Waals surface area contributed by atoms with Gasteiger partial charge in [-0.15, -0.1) is 0 Å². The first-order chi connectivity index (χ1) is 9.19. The van der Waals surface area contributed by atoms with E-state index in [0.717, 1.165) is 10.0 Å². The summed E-state index contributed by atoms with van der Waals surface area (Å²) in [6.07, 6.45) is 0. The van der Waals surface area contributed by atoms with Crippen molar-refractivity contribution in [1.82, 2.24) is 9.97 Å². The molecule has 0 radical (unpaired) electrons. The van der Waals surface area contributed by atoms with Crippen molar-refractivity contribution in [3.05, 3.63) is 46.2 Å². The zero-order valence-electron chi connectivity index (χ0n) is 10.5. The Hall–Kier alpha value is -1.66. The molecule has 0 fully saturated rings. The molecule has 1 aromatic carbocycles. The number of hydrogen-bond acceptors (Lipinski definition) is 5. The number of ether oxygens (including phenoxy) is 2. The second kappa shape index (κ2) is 6.49. The van der Waals surface area contributed by atoms with Gasteiger partial charge in [0.15, 0.2) is 5.82 Å². The molecule has 0 bridgehead atoms. The average molecular weight is 324 g/mol. The van der Waals surface area contributed by atoms with Crippen LogP contribution in [0.5, 0.6) is 5.88 Å². The molecule has 1 aromatic heterocycles. The summed E-state index contributed by atoms with van der Waals surface area (Å²) in [5, 5.41) is 0. The van der Waals surface area contributed by atoms with Crippen LogP contribution in [-0.4, -0.2) is 17.1 Å². The van der Waals surface area contributed by atoms with Crippen LogP contribution in [0, 0.1) is 0 Å². The summed E-state index contributed by atoms with van der Waals surface area (Å²) >= 11 is 3.47. The Bertz CT molecular complexity index is 563. The molecule has 6 heteroatoms. The minimum absolute atomic E-state index is 0.302. The van der Waals surface area contributed by atoms with E-state index in [0.29, 0.717) is 30.7 Å². The lowest BCUT2D eigenvalue weighted by atomic mass is 10.2. The number of rotatable bonds is 5. The highest BCUT2D eigenvalue weighted by Gasteiger charge is 2.05. The van der Waals surface area contributed by atoms with Gasteiger partial charge in [0.2, 0.25) is 5.88 Å². The maximum Gasteiger partial charge on any atom is 0.219 e. The Kier molecular flexibility index (Phi) is 4.70. The van der Waals surface area contributed by atoms with Crippen LogP contribution >= 0.6 is 15.9 Å². The van der Waals surface area contributed by atoms with Gasteiger partial charge in [-0.25, -0.2) is 4.98 Å². The van der Waals surface area contributed by atoms with E-state index in [1.54, 1.807) is 13.2 Å². The van der Waals surface area contributed by atoms with Crippen molar-refractivity contribution < 1.29 is 9.47 Å². The Labute approximate surface area is 119 Å². The van der Waals surface area contributed by atoms with Gasteiger partial charge in [-0.1, -0.05) is 34.1 Å². The minimum Gasteiger partial charge on any atom is -0.473 e. The monoisotopic (exact) mass is 323 g/mol. The lowest BCUT2D eigenvalue weighted by Crippen LogP contribution is -2.05. The van der Waals surface area contributed by atoms with Gasteiger partial charge in [0.05, 0.1) is 0 Å². The third-order valence-corrected chi connectivity index (χ3v) is 3.15. The predicted molar refractivity (Wildman–Crippen MR) is 75.6 cm³/mol. The number of hydrogen-bond donors (Lipinski definition) is 1. The molecule has 1 heterocycles. The molecule has 0 spiro atoms. The van der Waals surface area contributed by atoms with Crippen LogP contribution in [-0.2, 0) is 18.0 Å². The fraction of sp³-hybridized carbons (Fsp3) is 0.231. The summed E-state index contributed by atoms with van der Waals surface area (Å²) in [5.41, 5.74) is 6.73. The van der Waals surface area contributed by atoms with Gasteiger partial charge in [-0.2, -0.15) is 4.98 Å². The Balaban J connectivity index is 2.09. The number of methoxy groups -OCH3 is 1. The van der Waals surface area contributed by atoms with Crippen LogP contribution in [0.1, 0.15) is 11.4 Å². The maximum atomic E-state index is 5.69. The molecule has 2 N–H and O–H groups in total. The molecular formula is C13H14BrN3O2. The largest absolute Gasteiger partial charge is 0.473 e. The normalized spacial score (nSPS) is 10.4. The number of benzene rings is 1. The van der Waals surface area contributed by atoms with Gasteiger partial charge in [0.1, 0.15) is 19.0 Å². The third-order valence-electron chi connectivity index (χ3n) is 2.38. The summed E-state index contributed by atoms with van der Waals surface area (Å²) in [6, 6.07) is 9.44. The molecule has 2 aromatic rings. The van der Waals surface area contributed by atoms with Gasteiger partial charge < -0.3 is 15.2 Å². The molecule has 0 saturated heterocycles. The van der Waals surface area contributed by atoms with Gasteiger partial charge >= 0.3 is 0 Å². The average Bonchev–Trinajstić information content (AvgIpc) is 2.37. The van der Waals surface area contributed by atoms with Crippen molar-refractivity contribution in [2.45, 2.75) is 13.2 Å². The number of anilines is 1. The van der Waals surface area contributed by atoms with Crippen molar-refractivity contribution in [3.63, 3.8) is 0 Å². The van der Waals surface area contributed by atoms with E-state index in [9.17, 15) is 0 Å². The first kappa shape index (κ1) is 13.8. The summed E-state index contributed by atoms with van der Waals surface area (Å²) in [4.78, 5) is 8.26. The minimum atomic E-state index is 0.302. The van der Waals surface area contributed by atoms with Gasteiger partial charge in [-0.05, 0) is 6.07 Å². The fourth-order valence-electron chi connectivity index (χ4n) is 1.53. The molecule has 0 atom stereocenters. The zero-order valence-corrected chi connectivity index (χ0v) is 12.1. The van der Waals surface area contributed by atoms with Crippen molar-refractivity contribution in [2.75, 3.05) is 12.8 Å². The van der Waals surface area contributed by atoms with E-state index < -0.39 is 0 Å². The molecule has 100 valence electrons. The van der Waals surface area contributed by atoms with Crippen LogP contribution in [0.4, 0.5) is 5.82 Å². The quantitative estimate of drug-likeness (QED) is 0.915. The van der Waals surface area contributed by atoms with Crippen LogP contribution < -0.4 is 10.5 Å². The maximum absolute atomic E-state index is 5.69. The highest BCUT2D eigenvalue weighted by Crippen LogP contribution is 2.19. The van der Waals surface area contributed by atoms with Gasteiger partial charge in [-0.3, -0.25) is 0 Å². The topological polar surface area (TPSA) is 70.3 Å². The zero-order chi connectivity index (χ0) is 13.7. The lowest BCUT2D eigenvalue weighted by Gasteiger charge is -2.08. The number of nitrogen functional groups attached to an aromatic ring is 1. The first-order valence-corrected chi connectivity index (χ1v) is 6.47. The third kappa shape index (κ3) is 3.90. The number of aromatic nitrogens is 2. The Morgan fingerprint density at radius 1 is 1.21 bits per heavy atom. The molecule has 0 saturated carbocycles. The van der Waals surface area contributed by atoms with E-state index in [1.165, 1.54) is 0 Å². The molecule has 0 aliphatic heterocycles. The van der Waals surface area contributed by atoms with Crippen LogP contribution in [0.2, 0.25) is 0 Å². The van der Waals surface area contributed by atoms with Crippen molar-refractivity contribution in [2.24, 2.45) is 0 Å². The highest BCUT2D eigenvalue weighted by atomic mass is 79.9. The molecule has 5 nitrogen and oxygen atoms in total. The fourth-order valence-corrected chi connectivity index (χ4v) is 1.93. The van der Waals surface area contributed by atoms with Crippen LogP contribution in [0.25, 0.3) is 0 Å². The molecule has 0 aliphatic rings. The number of nitrogens with two attached hydrogens (primary N) is 1. The summed E-state index contributed by atoms with van der Waals surface area (Å²) in [6.45, 7) is 0.709. The SMILES string of the molecule is COCc1nc(N)cc(OCc2ccccc2Br)n1. The summed E-state index contributed by atoms with van der Waals surface area (Å²) in [5.74, 6) is 1.31. The second-order valence-corrected chi connectivity index (χ2v) is 4.71. The van der Waals surface area contributed by atoms with Crippen molar-refractivity contribution in [3.8, 4) is 5.88 Å². The van der Waals surface area contributed by atoms with E-state index in [1.807, 2.05) is 24.3 Å². The predicted octanol–water partition coefficient (Wildman–Crippen LogP) is 2.55. The molecule has 0 aliphatic carbocycles. The molecule has 2 rings (SSSR count). The molecule has 0 unspecified atom stereocenters. The lowest BCUT2D eigenvalue weighted by molar-refractivity contribution is 0.176. The van der Waals surface area contributed by atoms with E-state index in [-0.39, 0.29) is 0 Å². The summed E-state index contributed by atoms with van der Waals surface area (Å²) < 4.78 is 11.6. The second-order valence-electron chi connectivity index (χ2n) is 3.86. The number of nitrogens with zero attached hydrogens (tertiary/aromatic N) is 2.